The highest BCUT2D eigenvalue weighted by Crippen LogP contribution is 2.41. The average Bonchev–Trinajstić information content (AvgIpc) is 2.30. The van der Waals surface area contributed by atoms with Gasteiger partial charge in [0.15, 0.2) is 0 Å². The predicted molar refractivity (Wildman–Crippen MR) is 81.8 cm³/mol. The highest BCUT2D eigenvalue weighted by Gasteiger charge is 2.58. The van der Waals surface area contributed by atoms with Crippen LogP contribution in [0.15, 0.2) is 30.3 Å². The zero-order valence-corrected chi connectivity index (χ0v) is 13.1. The molecular formula is C17H24N2O2. The molecule has 0 saturated carbocycles. The molecule has 114 valence electrons. The van der Waals surface area contributed by atoms with Gasteiger partial charge in [0.2, 0.25) is 0 Å². The number of hydrogen-bond acceptors (Lipinski definition) is 4. The fourth-order valence-electron chi connectivity index (χ4n) is 3.28. The smallest absolute Gasteiger partial charge is 0.324 e. The van der Waals surface area contributed by atoms with Gasteiger partial charge in [-0.25, -0.2) is 0 Å². The summed E-state index contributed by atoms with van der Waals surface area (Å²) in [4.78, 5) is 14.6. The van der Waals surface area contributed by atoms with Crippen LogP contribution < -0.4 is 5.32 Å². The molecule has 0 amide bonds. The van der Waals surface area contributed by atoms with Gasteiger partial charge in [-0.05, 0) is 26.3 Å². The zero-order valence-electron chi connectivity index (χ0n) is 13.1. The quantitative estimate of drug-likeness (QED) is 0.861. The van der Waals surface area contributed by atoms with Gasteiger partial charge in [-0.2, -0.15) is 0 Å². The third-order valence-corrected chi connectivity index (χ3v) is 4.24. The van der Waals surface area contributed by atoms with Crippen LogP contribution in [0, 0.1) is 5.41 Å². The first-order valence-corrected chi connectivity index (χ1v) is 7.61. The fourth-order valence-corrected chi connectivity index (χ4v) is 3.28. The second-order valence-corrected chi connectivity index (χ2v) is 7.34. The monoisotopic (exact) mass is 288 g/mol. The Bertz CT molecular complexity index is 515. The molecule has 2 heterocycles. The summed E-state index contributed by atoms with van der Waals surface area (Å²) >= 11 is 0. The van der Waals surface area contributed by atoms with Gasteiger partial charge in [0.25, 0.3) is 0 Å². The predicted octanol–water partition coefficient (Wildman–Crippen LogP) is 1.80. The van der Waals surface area contributed by atoms with E-state index in [0.717, 1.165) is 26.2 Å². The lowest BCUT2D eigenvalue weighted by Crippen LogP contribution is -2.78. The highest BCUT2D eigenvalue weighted by molar-refractivity contribution is 5.79. The van der Waals surface area contributed by atoms with Crippen LogP contribution in [0.2, 0.25) is 0 Å². The third-order valence-electron chi connectivity index (χ3n) is 4.24. The van der Waals surface area contributed by atoms with Crippen molar-refractivity contribution < 1.29 is 9.53 Å². The number of benzene rings is 1. The number of ether oxygens (including phenoxy) is 1. The van der Waals surface area contributed by atoms with Gasteiger partial charge in [0.05, 0.1) is 0 Å². The summed E-state index contributed by atoms with van der Waals surface area (Å²) in [6.45, 7) is 9.57. The van der Waals surface area contributed by atoms with Crippen molar-refractivity contribution in [3.8, 4) is 0 Å². The van der Waals surface area contributed by atoms with Crippen molar-refractivity contribution in [3.05, 3.63) is 35.9 Å². The highest BCUT2D eigenvalue weighted by atomic mass is 16.6. The summed E-state index contributed by atoms with van der Waals surface area (Å²) in [5.41, 5.74) is 1.01. The molecule has 3 rings (SSSR count). The molecule has 0 radical (unpaired) electrons. The third kappa shape index (κ3) is 2.97. The average molecular weight is 288 g/mol. The summed E-state index contributed by atoms with van der Waals surface area (Å²) in [5, 5.41) is 3.24. The van der Waals surface area contributed by atoms with E-state index in [1.54, 1.807) is 0 Å². The van der Waals surface area contributed by atoms with Crippen molar-refractivity contribution in [2.75, 3.05) is 19.6 Å². The van der Waals surface area contributed by atoms with Crippen molar-refractivity contribution in [2.45, 2.75) is 39.0 Å². The van der Waals surface area contributed by atoms with E-state index in [9.17, 15) is 4.79 Å². The van der Waals surface area contributed by atoms with Crippen LogP contribution >= 0.6 is 0 Å². The Kier molecular flexibility index (Phi) is 3.54. The van der Waals surface area contributed by atoms with Crippen molar-refractivity contribution >= 4 is 5.97 Å². The molecular weight excluding hydrogens is 264 g/mol. The summed E-state index contributed by atoms with van der Waals surface area (Å²) in [5.74, 6) is -0.104. The van der Waals surface area contributed by atoms with Gasteiger partial charge < -0.3 is 10.1 Å². The van der Waals surface area contributed by atoms with E-state index in [0.29, 0.717) is 0 Å². The minimum atomic E-state index is -0.414. The molecule has 2 saturated heterocycles. The van der Waals surface area contributed by atoms with Gasteiger partial charge >= 0.3 is 5.97 Å². The second kappa shape index (κ2) is 5.11. The van der Waals surface area contributed by atoms with E-state index in [4.69, 9.17) is 4.74 Å². The molecule has 2 aliphatic heterocycles. The van der Waals surface area contributed by atoms with Crippen LogP contribution in [0.3, 0.4) is 0 Å². The topological polar surface area (TPSA) is 41.6 Å². The summed E-state index contributed by atoms with van der Waals surface area (Å²) in [7, 11) is 0. The molecule has 1 aromatic rings. The molecule has 2 aliphatic rings. The Morgan fingerprint density at radius 1 is 1.33 bits per heavy atom. The van der Waals surface area contributed by atoms with E-state index in [2.05, 4.69) is 34.5 Å². The van der Waals surface area contributed by atoms with Crippen molar-refractivity contribution in [3.63, 3.8) is 0 Å². The number of esters is 1. The molecule has 4 nitrogen and oxygen atoms in total. The molecule has 0 bridgehead atoms. The van der Waals surface area contributed by atoms with Crippen LogP contribution in [0.25, 0.3) is 0 Å². The molecule has 0 unspecified atom stereocenters. The summed E-state index contributed by atoms with van der Waals surface area (Å²) < 4.78 is 5.51. The second-order valence-electron chi connectivity index (χ2n) is 7.34. The molecule has 1 spiro atoms. The largest absolute Gasteiger partial charge is 0.459 e. The van der Waals surface area contributed by atoms with E-state index >= 15 is 0 Å². The Morgan fingerprint density at radius 3 is 2.52 bits per heavy atom. The number of rotatable bonds is 3. The maximum Gasteiger partial charge on any atom is 0.324 e. The van der Waals surface area contributed by atoms with Crippen molar-refractivity contribution in [1.82, 2.24) is 10.2 Å². The lowest BCUT2D eigenvalue weighted by Gasteiger charge is -2.60. The standard InChI is InChI=1S/C17H24N2O2/c1-16(2,3)21-15(20)14-17(10-18-14)11-19(12-17)9-13-7-5-4-6-8-13/h4-8,14,18H,9-12H2,1-3H3/t14-/m0/s1. The lowest BCUT2D eigenvalue weighted by molar-refractivity contribution is -0.176. The molecule has 1 N–H and O–H groups in total. The normalized spacial score (nSPS) is 24.2. The summed E-state index contributed by atoms with van der Waals surface area (Å²) in [6, 6.07) is 10.3. The number of likely N-dealkylation sites (tertiary alicyclic amines) is 1. The number of carbonyl (C=O) groups excluding carboxylic acids is 1. The van der Waals surface area contributed by atoms with Crippen LogP contribution in [0.5, 0.6) is 0 Å². The molecule has 0 aromatic heterocycles. The Labute approximate surface area is 126 Å². The minimum Gasteiger partial charge on any atom is -0.459 e. The molecule has 1 aromatic carbocycles. The molecule has 4 heteroatoms. The molecule has 2 fully saturated rings. The molecule has 21 heavy (non-hydrogen) atoms. The Balaban J connectivity index is 1.53. The van der Waals surface area contributed by atoms with Crippen LogP contribution in [0.1, 0.15) is 26.3 Å². The fraction of sp³-hybridized carbons (Fsp3) is 0.588. The van der Waals surface area contributed by atoms with E-state index < -0.39 is 5.60 Å². The van der Waals surface area contributed by atoms with Crippen molar-refractivity contribution in [1.29, 1.82) is 0 Å². The van der Waals surface area contributed by atoms with E-state index in [-0.39, 0.29) is 17.4 Å². The number of hydrogen-bond donors (Lipinski definition) is 1. The van der Waals surface area contributed by atoms with E-state index in [1.807, 2.05) is 26.8 Å². The van der Waals surface area contributed by atoms with E-state index in [1.165, 1.54) is 5.56 Å². The van der Waals surface area contributed by atoms with Gasteiger partial charge in [-0.3, -0.25) is 9.69 Å². The first kappa shape index (κ1) is 14.5. The molecule has 1 atom stereocenters. The number of nitrogens with zero attached hydrogens (tertiary/aromatic N) is 1. The molecule has 0 aliphatic carbocycles. The minimum absolute atomic E-state index is 0.0944. The van der Waals surface area contributed by atoms with Crippen LogP contribution in [0.4, 0.5) is 0 Å². The zero-order chi connectivity index (χ0) is 15.1. The van der Waals surface area contributed by atoms with Crippen molar-refractivity contribution in [2.24, 2.45) is 5.41 Å². The number of nitrogens with one attached hydrogen (secondary N) is 1. The van der Waals surface area contributed by atoms with Crippen LogP contribution in [-0.2, 0) is 16.1 Å². The Hall–Kier alpha value is -1.39. The maximum atomic E-state index is 12.2. The summed E-state index contributed by atoms with van der Waals surface area (Å²) in [6.07, 6.45) is 0. The first-order chi connectivity index (χ1) is 9.88. The first-order valence-electron chi connectivity index (χ1n) is 7.61. The maximum absolute atomic E-state index is 12.2. The SMILES string of the molecule is CC(C)(C)OC(=O)[C@@H]1NCC12CN(Cc1ccccc1)C2. The van der Waals surface area contributed by atoms with Crippen LogP contribution in [-0.4, -0.2) is 42.1 Å². The van der Waals surface area contributed by atoms with Gasteiger partial charge in [0, 0.05) is 31.6 Å². The number of carbonyl (C=O) groups is 1. The lowest BCUT2D eigenvalue weighted by atomic mass is 9.67. The van der Waals surface area contributed by atoms with Gasteiger partial charge in [0.1, 0.15) is 11.6 Å². The van der Waals surface area contributed by atoms with Gasteiger partial charge in [-0.1, -0.05) is 30.3 Å². The Morgan fingerprint density at radius 2 is 2.00 bits per heavy atom. The van der Waals surface area contributed by atoms with Gasteiger partial charge in [-0.15, -0.1) is 0 Å².